The van der Waals surface area contributed by atoms with Crippen molar-refractivity contribution in [3.63, 3.8) is 0 Å². The number of rotatable bonds is 7. The molecule has 5 aromatic rings. The summed E-state index contributed by atoms with van der Waals surface area (Å²) in [6.07, 6.45) is 5.80. The molecule has 5 rings (SSSR count). The normalized spacial score (nSPS) is 11.1. The Bertz CT molecular complexity index is 1480. The molecular formula is C26H25N7O. The molecule has 0 aliphatic rings. The Morgan fingerprint density at radius 2 is 1.91 bits per heavy atom. The quantitative estimate of drug-likeness (QED) is 0.392. The summed E-state index contributed by atoms with van der Waals surface area (Å²) in [5.41, 5.74) is 12.9. The van der Waals surface area contributed by atoms with Gasteiger partial charge in [-0.3, -0.25) is 13.9 Å². The molecule has 0 unspecified atom stereocenters. The van der Waals surface area contributed by atoms with Crippen LogP contribution in [0, 0.1) is 6.92 Å². The van der Waals surface area contributed by atoms with E-state index in [-0.39, 0.29) is 12.3 Å². The molecule has 170 valence electrons. The first-order chi connectivity index (χ1) is 16.5. The van der Waals surface area contributed by atoms with Gasteiger partial charge < -0.3 is 11.1 Å². The Hall–Kier alpha value is -4.46. The lowest BCUT2D eigenvalue weighted by Gasteiger charge is -2.12. The lowest BCUT2D eigenvalue weighted by Crippen LogP contribution is -2.13. The van der Waals surface area contributed by atoms with Crippen LogP contribution in [0.5, 0.6) is 0 Å². The van der Waals surface area contributed by atoms with E-state index >= 15 is 0 Å². The van der Waals surface area contributed by atoms with Crippen LogP contribution in [0.15, 0.2) is 73.2 Å². The van der Waals surface area contributed by atoms with Gasteiger partial charge in [-0.1, -0.05) is 48.0 Å². The summed E-state index contributed by atoms with van der Waals surface area (Å²) in [4.78, 5) is 21.0. The van der Waals surface area contributed by atoms with Gasteiger partial charge in [0, 0.05) is 30.6 Å². The number of aryl methyl sites for hydroxylation is 2. The van der Waals surface area contributed by atoms with Gasteiger partial charge >= 0.3 is 0 Å². The van der Waals surface area contributed by atoms with E-state index in [1.807, 2.05) is 54.5 Å². The molecule has 0 aliphatic carbocycles. The zero-order valence-electron chi connectivity index (χ0n) is 19.1. The molecule has 3 aromatic heterocycles. The molecule has 0 bridgehead atoms. The zero-order chi connectivity index (χ0) is 23.7. The highest BCUT2D eigenvalue weighted by Gasteiger charge is 2.15. The Labute approximate surface area is 197 Å². The molecule has 0 saturated carbocycles. The first-order valence-corrected chi connectivity index (χ1v) is 11.0. The van der Waals surface area contributed by atoms with Gasteiger partial charge in [-0.15, -0.1) is 0 Å². The van der Waals surface area contributed by atoms with Crippen molar-refractivity contribution < 1.29 is 4.79 Å². The second-order valence-corrected chi connectivity index (χ2v) is 8.32. The van der Waals surface area contributed by atoms with Crippen LogP contribution in [-0.4, -0.2) is 30.1 Å². The smallest absolute Gasteiger partial charge is 0.221 e. The molecular weight excluding hydrogens is 426 g/mol. The third-order valence-corrected chi connectivity index (χ3v) is 5.80. The molecule has 8 heteroatoms. The number of nitrogens with zero attached hydrogens (tertiary/aromatic N) is 5. The number of amides is 1. The first kappa shape index (κ1) is 21.4. The zero-order valence-corrected chi connectivity index (χ0v) is 19.1. The van der Waals surface area contributed by atoms with Gasteiger partial charge in [0.1, 0.15) is 0 Å². The third kappa shape index (κ3) is 4.25. The average molecular weight is 452 g/mol. The molecule has 2 aromatic carbocycles. The minimum Gasteiger partial charge on any atom is -0.369 e. The molecule has 3 N–H and O–H groups in total. The minimum absolute atomic E-state index is 0.182. The molecule has 0 fully saturated rings. The van der Waals surface area contributed by atoms with Crippen molar-refractivity contribution in [2.75, 3.05) is 5.32 Å². The topological polar surface area (TPSA) is 103 Å². The van der Waals surface area contributed by atoms with Gasteiger partial charge in [-0.05, 0) is 24.6 Å². The molecule has 0 saturated heterocycles. The van der Waals surface area contributed by atoms with Gasteiger partial charge in [-0.25, -0.2) is 9.97 Å². The van der Waals surface area contributed by atoms with E-state index in [0.717, 1.165) is 39.4 Å². The minimum atomic E-state index is -0.365. The summed E-state index contributed by atoms with van der Waals surface area (Å²) in [5.74, 6) is 0.299. The number of hydrogen-bond acceptors (Lipinski definition) is 5. The molecule has 0 aliphatic heterocycles. The maximum Gasteiger partial charge on any atom is 0.221 e. The van der Waals surface area contributed by atoms with E-state index in [2.05, 4.69) is 51.0 Å². The molecule has 0 radical (unpaired) electrons. The van der Waals surface area contributed by atoms with Gasteiger partial charge in [0.2, 0.25) is 5.91 Å². The van der Waals surface area contributed by atoms with Crippen LogP contribution < -0.4 is 11.1 Å². The van der Waals surface area contributed by atoms with E-state index in [0.29, 0.717) is 12.4 Å². The number of nitrogens with one attached hydrogen (secondary N) is 1. The average Bonchev–Trinajstić information content (AvgIpc) is 3.44. The Kier molecular flexibility index (Phi) is 5.55. The van der Waals surface area contributed by atoms with Gasteiger partial charge in [-0.2, -0.15) is 5.10 Å². The second-order valence-electron chi connectivity index (χ2n) is 8.32. The summed E-state index contributed by atoms with van der Waals surface area (Å²) in [5, 5.41) is 7.67. The number of fused-ring (bicyclic) bond motifs is 1. The van der Waals surface area contributed by atoms with Crippen LogP contribution >= 0.6 is 0 Å². The van der Waals surface area contributed by atoms with Crippen molar-refractivity contribution in [1.29, 1.82) is 0 Å². The van der Waals surface area contributed by atoms with Crippen LogP contribution in [0.2, 0.25) is 0 Å². The fourth-order valence-electron chi connectivity index (χ4n) is 3.97. The molecule has 0 atom stereocenters. The van der Waals surface area contributed by atoms with Crippen LogP contribution in [0.3, 0.4) is 0 Å². The van der Waals surface area contributed by atoms with E-state index in [9.17, 15) is 4.79 Å². The molecule has 1 amide bonds. The van der Waals surface area contributed by atoms with Crippen molar-refractivity contribution in [3.8, 4) is 22.5 Å². The summed E-state index contributed by atoms with van der Waals surface area (Å²) in [6.45, 7) is 2.62. The standard InChI is InChI=1S/C26H25N7O/c1-17-6-8-19(9-7-17)23-15-29-26-25(28-14-21-10-11-30-32(21)2)31-22(16-33(23)26)20-5-3-4-18(12-20)13-24(27)34/h3-12,15-16H,13-14H2,1-2H3,(H2,27,34)(H,28,31). The summed E-state index contributed by atoms with van der Waals surface area (Å²) in [7, 11) is 1.91. The van der Waals surface area contributed by atoms with Crippen LogP contribution in [0.25, 0.3) is 28.2 Å². The van der Waals surface area contributed by atoms with Crippen molar-refractivity contribution in [1.82, 2.24) is 24.1 Å². The van der Waals surface area contributed by atoms with Crippen molar-refractivity contribution in [2.24, 2.45) is 12.8 Å². The Morgan fingerprint density at radius 1 is 1.09 bits per heavy atom. The number of aromatic nitrogens is 5. The lowest BCUT2D eigenvalue weighted by atomic mass is 10.1. The van der Waals surface area contributed by atoms with Crippen LogP contribution in [0.4, 0.5) is 5.82 Å². The van der Waals surface area contributed by atoms with E-state index in [1.165, 1.54) is 5.56 Å². The highest BCUT2D eigenvalue weighted by atomic mass is 16.1. The van der Waals surface area contributed by atoms with Crippen molar-refractivity contribution >= 4 is 17.4 Å². The third-order valence-electron chi connectivity index (χ3n) is 5.80. The predicted octanol–water partition coefficient (Wildman–Crippen LogP) is 3.75. The first-order valence-electron chi connectivity index (χ1n) is 11.0. The van der Waals surface area contributed by atoms with Gasteiger partial charge in [0.25, 0.3) is 0 Å². The summed E-state index contributed by atoms with van der Waals surface area (Å²) < 4.78 is 3.88. The Balaban J connectivity index is 1.63. The van der Waals surface area contributed by atoms with Crippen molar-refractivity contribution in [3.05, 3.63) is 90.0 Å². The van der Waals surface area contributed by atoms with E-state index in [1.54, 1.807) is 6.20 Å². The predicted molar refractivity (Wildman–Crippen MR) is 132 cm³/mol. The van der Waals surface area contributed by atoms with Crippen molar-refractivity contribution in [2.45, 2.75) is 19.9 Å². The summed E-state index contributed by atoms with van der Waals surface area (Å²) in [6, 6.07) is 18.1. The van der Waals surface area contributed by atoms with E-state index < -0.39 is 0 Å². The lowest BCUT2D eigenvalue weighted by molar-refractivity contribution is -0.117. The summed E-state index contributed by atoms with van der Waals surface area (Å²) >= 11 is 0. The molecule has 8 nitrogen and oxygen atoms in total. The number of primary amides is 1. The van der Waals surface area contributed by atoms with Gasteiger partial charge in [0.05, 0.1) is 36.2 Å². The molecule has 0 spiro atoms. The number of imidazole rings is 1. The largest absolute Gasteiger partial charge is 0.369 e. The SMILES string of the molecule is Cc1ccc(-c2cnc3c(NCc4ccnn4C)nc(-c4cccc(CC(N)=O)c4)cn23)cc1. The molecule has 34 heavy (non-hydrogen) atoms. The second kappa shape index (κ2) is 8.82. The highest BCUT2D eigenvalue weighted by molar-refractivity contribution is 5.78. The fourth-order valence-corrected chi connectivity index (χ4v) is 3.97. The van der Waals surface area contributed by atoms with E-state index in [4.69, 9.17) is 10.7 Å². The number of benzene rings is 2. The number of hydrogen-bond donors (Lipinski definition) is 2. The number of nitrogens with two attached hydrogens (primary N) is 1. The highest BCUT2D eigenvalue weighted by Crippen LogP contribution is 2.28. The molecule has 3 heterocycles. The van der Waals surface area contributed by atoms with Crippen LogP contribution in [0.1, 0.15) is 16.8 Å². The fraction of sp³-hybridized carbons (Fsp3) is 0.154. The monoisotopic (exact) mass is 451 g/mol. The maximum absolute atomic E-state index is 11.4. The number of carbonyl (C=O) groups is 1. The van der Waals surface area contributed by atoms with Gasteiger partial charge in [0.15, 0.2) is 11.5 Å². The number of anilines is 1. The Morgan fingerprint density at radius 3 is 2.65 bits per heavy atom. The van der Waals surface area contributed by atoms with Crippen LogP contribution in [-0.2, 0) is 24.8 Å². The maximum atomic E-state index is 11.4. The number of carbonyl (C=O) groups excluding carboxylic acids is 1.